The van der Waals surface area contributed by atoms with Gasteiger partial charge in [0.1, 0.15) is 5.75 Å². The Kier molecular flexibility index (Phi) is 7.37. The molecular formula is C21H27N3O3. The van der Waals surface area contributed by atoms with Crippen molar-refractivity contribution in [1.29, 1.82) is 0 Å². The summed E-state index contributed by atoms with van der Waals surface area (Å²) in [6.07, 6.45) is 0.886. The first kappa shape index (κ1) is 20.5. The third-order valence-corrected chi connectivity index (χ3v) is 4.08. The van der Waals surface area contributed by atoms with Gasteiger partial charge >= 0.3 is 0 Å². The van der Waals surface area contributed by atoms with E-state index in [1.54, 1.807) is 31.4 Å². The molecule has 2 rings (SSSR count). The predicted molar refractivity (Wildman–Crippen MR) is 108 cm³/mol. The van der Waals surface area contributed by atoms with Gasteiger partial charge in [-0.3, -0.25) is 9.59 Å². The molecule has 0 spiro atoms. The Bertz CT molecular complexity index is 786. The molecule has 2 aromatic carbocycles. The van der Waals surface area contributed by atoms with Crippen LogP contribution in [0.2, 0.25) is 0 Å². The summed E-state index contributed by atoms with van der Waals surface area (Å²) in [7, 11) is 5.56. The van der Waals surface area contributed by atoms with Gasteiger partial charge in [-0.15, -0.1) is 0 Å². The fourth-order valence-corrected chi connectivity index (χ4v) is 2.59. The van der Waals surface area contributed by atoms with Crippen molar-refractivity contribution in [3.8, 4) is 5.75 Å². The number of ether oxygens (including phenoxy) is 1. The Morgan fingerprint density at radius 2 is 1.63 bits per heavy atom. The molecular weight excluding hydrogens is 342 g/mol. The maximum Gasteiger partial charge on any atom is 0.255 e. The molecule has 0 aliphatic heterocycles. The third kappa shape index (κ3) is 6.11. The van der Waals surface area contributed by atoms with Gasteiger partial charge in [-0.2, -0.15) is 0 Å². The standard InChI is InChI=1S/C21H27N3O3/c1-15-6-11-19(27-4)18(14-15)23-21(26)17-9-7-16(8-10-17)20(25)22-12-5-13-24(2)3/h6-11,14H,5,12-13H2,1-4H3,(H,22,25)(H,23,26). The summed E-state index contributed by atoms with van der Waals surface area (Å²) < 4.78 is 5.28. The minimum atomic E-state index is -0.253. The van der Waals surface area contributed by atoms with Crippen LogP contribution in [0.4, 0.5) is 5.69 Å². The van der Waals surface area contributed by atoms with Crippen LogP contribution in [0.1, 0.15) is 32.7 Å². The highest BCUT2D eigenvalue weighted by Gasteiger charge is 2.11. The molecule has 2 aromatic rings. The first-order valence-electron chi connectivity index (χ1n) is 8.89. The van der Waals surface area contributed by atoms with Crippen molar-refractivity contribution in [2.24, 2.45) is 0 Å². The first-order chi connectivity index (χ1) is 12.9. The third-order valence-electron chi connectivity index (χ3n) is 4.08. The van der Waals surface area contributed by atoms with Crippen LogP contribution in [0.25, 0.3) is 0 Å². The van der Waals surface area contributed by atoms with Crippen molar-refractivity contribution >= 4 is 17.5 Å². The Labute approximate surface area is 160 Å². The minimum Gasteiger partial charge on any atom is -0.495 e. The zero-order valence-electron chi connectivity index (χ0n) is 16.3. The van der Waals surface area contributed by atoms with Crippen LogP contribution >= 0.6 is 0 Å². The molecule has 6 heteroatoms. The summed E-state index contributed by atoms with van der Waals surface area (Å²) >= 11 is 0. The highest BCUT2D eigenvalue weighted by molar-refractivity contribution is 6.05. The molecule has 6 nitrogen and oxygen atoms in total. The fourth-order valence-electron chi connectivity index (χ4n) is 2.59. The van der Waals surface area contributed by atoms with Crippen LogP contribution in [0.15, 0.2) is 42.5 Å². The predicted octanol–water partition coefficient (Wildman–Crippen LogP) is 2.94. The monoisotopic (exact) mass is 369 g/mol. The average Bonchev–Trinajstić information content (AvgIpc) is 2.65. The van der Waals surface area contributed by atoms with E-state index in [2.05, 4.69) is 15.5 Å². The number of benzene rings is 2. The van der Waals surface area contributed by atoms with Gasteiger partial charge in [0.2, 0.25) is 0 Å². The van der Waals surface area contributed by atoms with Gasteiger partial charge in [0.25, 0.3) is 11.8 Å². The summed E-state index contributed by atoms with van der Waals surface area (Å²) in [5, 5.41) is 5.73. The van der Waals surface area contributed by atoms with Crippen LogP contribution in [0.3, 0.4) is 0 Å². The van der Waals surface area contributed by atoms with Crippen molar-refractivity contribution in [3.05, 3.63) is 59.2 Å². The van der Waals surface area contributed by atoms with Crippen molar-refractivity contribution in [3.63, 3.8) is 0 Å². The molecule has 0 saturated carbocycles. The lowest BCUT2D eigenvalue weighted by Gasteiger charge is -2.12. The number of anilines is 1. The molecule has 0 unspecified atom stereocenters. The van der Waals surface area contributed by atoms with Gasteiger partial charge in [-0.25, -0.2) is 0 Å². The fraction of sp³-hybridized carbons (Fsp3) is 0.333. The van der Waals surface area contributed by atoms with Gasteiger partial charge in [0.15, 0.2) is 0 Å². The van der Waals surface area contributed by atoms with Gasteiger partial charge in [0, 0.05) is 17.7 Å². The molecule has 0 atom stereocenters. The number of nitrogens with zero attached hydrogens (tertiary/aromatic N) is 1. The van der Waals surface area contributed by atoms with E-state index in [0.29, 0.717) is 29.1 Å². The lowest BCUT2D eigenvalue weighted by atomic mass is 10.1. The van der Waals surface area contributed by atoms with E-state index in [0.717, 1.165) is 18.5 Å². The number of hydrogen-bond acceptors (Lipinski definition) is 4. The van der Waals surface area contributed by atoms with Crippen LogP contribution in [-0.4, -0.2) is 51.0 Å². The van der Waals surface area contributed by atoms with E-state index in [1.807, 2.05) is 39.2 Å². The number of carbonyl (C=O) groups is 2. The first-order valence-corrected chi connectivity index (χ1v) is 8.89. The molecule has 0 heterocycles. The molecule has 0 saturated heterocycles. The number of nitrogens with one attached hydrogen (secondary N) is 2. The van der Waals surface area contributed by atoms with Gasteiger partial charge < -0.3 is 20.3 Å². The average molecular weight is 369 g/mol. The second-order valence-corrected chi connectivity index (χ2v) is 6.65. The normalized spacial score (nSPS) is 10.6. The highest BCUT2D eigenvalue weighted by Crippen LogP contribution is 2.25. The van der Waals surface area contributed by atoms with Crippen LogP contribution < -0.4 is 15.4 Å². The lowest BCUT2D eigenvalue weighted by molar-refractivity contribution is 0.0950. The van der Waals surface area contributed by atoms with E-state index in [-0.39, 0.29) is 11.8 Å². The Balaban J connectivity index is 1.97. The van der Waals surface area contributed by atoms with E-state index in [4.69, 9.17) is 4.74 Å². The number of carbonyl (C=O) groups excluding carboxylic acids is 2. The molecule has 0 aliphatic carbocycles. The molecule has 0 radical (unpaired) electrons. The summed E-state index contributed by atoms with van der Waals surface area (Å²) in [4.78, 5) is 26.7. The Hall–Kier alpha value is -2.86. The lowest BCUT2D eigenvalue weighted by Crippen LogP contribution is -2.27. The maximum atomic E-state index is 12.5. The quantitative estimate of drug-likeness (QED) is 0.702. The van der Waals surface area contributed by atoms with E-state index >= 15 is 0 Å². The number of aryl methyl sites for hydroxylation is 1. The molecule has 0 fully saturated rings. The Morgan fingerprint density at radius 1 is 1.00 bits per heavy atom. The second kappa shape index (κ2) is 9.73. The van der Waals surface area contributed by atoms with E-state index < -0.39 is 0 Å². The summed E-state index contributed by atoms with van der Waals surface area (Å²) in [6, 6.07) is 12.2. The van der Waals surface area contributed by atoms with Crippen LogP contribution in [0.5, 0.6) is 5.75 Å². The summed E-state index contributed by atoms with van der Waals surface area (Å²) in [6.45, 7) is 3.48. The van der Waals surface area contributed by atoms with Crippen molar-refractivity contribution in [2.45, 2.75) is 13.3 Å². The summed E-state index contributed by atoms with van der Waals surface area (Å²) in [5.41, 5.74) is 2.64. The van der Waals surface area contributed by atoms with Gasteiger partial charge in [0.05, 0.1) is 12.8 Å². The SMILES string of the molecule is COc1ccc(C)cc1NC(=O)c1ccc(C(=O)NCCCN(C)C)cc1. The largest absolute Gasteiger partial charge is 0.495 e. The minimum absolute atomic E-state index is 0.138. The number of methoxy groups -OCH3 is 1. The van der Waals surface area contributed by atoms with Crippen molar-refractivity contribution in [2.75, 3.05) is 39.6 Å². The highest BCUT2D eigenvalue weighted by atomic mass is 16.5. The zero-order valence-corrected chi connectivity index (χ0v) is 16.3. The topological polar surface area (TPSA) is 70.7 Å². The maximum absolute atomic E-state index is 12.5. The number of rotatable bonds is 8. The molecule has 0 aromatic heterocycles. The molecule has 0 bridgehead atoms. The van der Waals surface area contributed by atoms with Crippen molar-refractivity contribution in [1.82, 2.24) is 10.2 Å². The van der Waals surface area contributed by atoms with Crippen LogP contribution in [0, 0.1) is 6.92 Å². The molecule has 27 heavy (non-hydrogen) atoms. The Morgan fingerprint density at radius 3 is 2.22 bits per heavy atom. The van der Waals surface area contributed by atoms with E-state index in [9.17, 15) is 9.59 Å². The van der Waals surface area contributed by atoms with Crippen LogP contribution in [-0.2, 0) is 0 Å². The summed E-state index contributed by atoms with van der Waals surface area (Å²) in [5.74, 6) is 0.209. The molecule has 144 valence electrons. The second-order valence-electron chi connectivity index (χ2n) is 6.65. The zero-order chi connectivity index (χ0) is 19.8. The number of hydrogen-bond donors (Lipinski definition) is 2. The molecule has 2 N–H and O–H groups in total. The van der Waals surface area contributed by atoms with E-state index in [1.165, 1.54) is 0 Å². The molecule has 0 aliphatic rings. The smallest absolute Gasteiger partial charge is 0.255 e. The van der Waals surface area contributed by atoms with Gasteiger partial charge in [-0.05, 0) is 75.9 Å². The van der Waals surface area contributed by atoms with Gasteiger partial charge in [-0.1, -0.05) is 6.07 Å². The number of amides is 2. The van der Waals surface area contributed by atoms with Crippen molar-refractivity contribution < 1.29 is 14.3 Å². The molecule has 2 amide bonds.